The molecule has 4 rings (SSSR count). The summed E-state index contributed by atoms with van der Waals surface area (Å²) in [4.78, 5) is 29.4. The van der Waals surface area contributed by atoms with Crippen molar-refractivity contribution in [2.75, 3.05) is 12.4 Å². The van der Waals surface area contributed by atoms with Crippen molar-refractivity contribution >= 4 is 29.0 Å². The average Bonchev–Trinajstić information content (AvgIpc) is 3.29. The van der Waals surface area contributed by atoms with Gasteiger partial charge in [0.2, 0.25) is 5.78 Å². The first-order chi connectivity index (χ1) is 16.4. The maximum Gasteiger partial charge on any atom is 0.255 e. The number of carbonyl (C=O) groups is 2. The van der Waals surface area contributed by atoms with Gasteiger partial charge in [-0.25, -0.2) is 4.98 Å². The van der Waals surface area contributed by atoms with E-state index in [-0.39, 0.29) is 11.7 Å². The Morgan fingerprint density at radius 1 is 0.971 bits per heavy atom. The number of amides is 1. The first kappa shape index (κ1) is 23.1. The number of ketones is 1. The molecule has 0 bridgehead atoms. The average molecular weight is 476 g/mol. The van der Waals surface area contributed by atoms with E-state index in [9.17, 15) is 9.59 Å². The van der Waals surface area contributed by atoms with E-state index in [1.807, 2.05) is 12.1 Å². The molecule has 0 atom stereocenters. The maximum atomic E-state index is 12.8. The van der Waals surface area contributed by atoms with Gasteiger partial charge >= 0.3 is 0 Å². The van der Waals surface area contributed by atoms with Gasteiger partial charge in [-0.3, -0.25) is 9.59 Å². The number of rotatable bonds is 8. The minimum absolute atomic E-state index is 0.190. The molecular formula is C26H22ClN3O4. The molecule has 3 aromatic carbocycles. The summed E-state index contributed by atoms with van der Waals surface area (Å²) in [5, 5.41) is 3.48. The van der Waals surface area contributed by atoms with Crippen molar-refractivity contribution < 1.29 is 19.1 Å². The van der Waals surface area contributed by atoms with E-state index < -0.39 is 0 Å². The SMILES string of the molecule is COc1cc(C(=O)Nc2ccc(C(=O)c3nccn3C)cc2)ccc1OCc1ccc(Cl)cc1. The van der Waals surface area contributed by atoms with Crippen molar-refractivity contribution in [2.45, 2.75) is 6.61 Å². The van der Waals surface area contributed by atoms with Crippen molar-refractivity contribution in [3.63, 3.8) is 0 Å². The van der Waals surface area contributed by atoms with Gasteiger partial charge in [-0.15, -0.1) is 0 Å². The van der Waals surface area contributed by atoms with Crippen molar-refractivity contribution in [1.29, 1.82) is 0 Å². The minimum atomic E-state index is -0.314. The van der Waals surface area contributed by atoms with Gasteiger partial charge in [0.25, 0.3) is 5.91 Å². The topological polar surface area (TPSA) is 82.5 Å². The first-order valence-electron chi connectivity index (χ1n) is 10.4. The van der Waals surface area contributed by atoms with Gasteiger partial charge in [0.15, 0.2) is 17.3 Å². The number of imidazole rings is 1. The number of nitrogens with one attached hydrogen (secondary N) is 1. The fourth-order valence-corrected chi connectivity index (χ4v) is 3.42. The number of carbonyl (C=O) groups excluding carboxylic acids is 2. The lowest BCUT2D eigenvalue weighted by Gasteiger charge is -2.13. The summed E-state index contributed by atoms with van der Waals surface area (Å²) in [6.07, 6.45) is 3.29. The summed E-state index contributed by atoms with van der Waals surface area (Å²) < 4.78 is 12.9. The zero-order valence-electron chi connectivity index (χ0n) is 18.6. The van der Waals surface area contributed by atoms with Gasteiger partial charge in [-0.1, -0.05) is 23.7 Å². The predicted octanol–water partition coefficient (Wildman–Crippen LogP) is 5.14. The molecule has 0 spiro atoms. The predicted molar refractivity (Wildman–Crippen MR) is 130 cm³/mol. The number of nitrogens with zero attached hydrogens (tertiary/aromatic N) is 2. The Bertz CT molecular complexity index is 1310. The van der Waals surface area contributed by atoms with Gasteiger partial charge < -0.3 is 19.4 Å². The number of hydrogen-bond acceptors (Lipinski definition) is 5. The summed E-state index contributed by atoms with van der Waals surface area (Å²) in [6, 6.07) is 19.0. The summed E-state index contributed by atoms with van der Waals surface area (Å²) in [6.45, 7) is 0.336. The van der Waals surface area contributed by atoms with Crippen LogP contribution in [0.4, 0.5) is 5.69 Å². The first-order valence-corrected chi connectivity index (χ1v) is 10.8. The third-order valence-corrected chi connectivity index (χ3v) is 5.41. The third-order valence-electron chi connectivity index (χ3n) is 5.16. The summed E-state index contributed by atoms with van der Waals surface area (Å²) in [5.41, 5.74) is 2.40. The molecule has 4 aromatic rings. The van der Waals surface area contributed by atoms with E-state index in [2.05, 4.69) is 10.3 Å². The van der Waals surface area contributed by atoms with Gasteiger partial charge in [-0.05, 0) is 60.2 Å². The zero-order valence-corrected chi connectivity index (χ0v) is 19.4. The van der Waals surface area contributed by atoms with Crippen molar-refractivity contribution in [2.24, 2.45) is 7.05 Å². The molecular weight excluding hydrogens is 454 g/mol. The molecule has 34 heavy (non-hydrogen) atoms. The number of aromatic nitrogens is 2. The molecule has 0 radical (unpaired) electrons. The number of ether oxygens (including phenoxy) is 2. The molecule has 0 fully saturated rings. The van der Waals surface area contributed by atoms with Crippen LogP contribution >= 0.6 is 11.6 Å². The Hall–Kier alpha value is -4.10. The molecule has 172 valence electrons. The highest BCUT2D eigenvalue weighted by molar-refractivity contribution is 6.30. The van der Waals surface area contributed by atoms with E-state index in [0.717, 1.165) is 5.56 Å². The highest BCUT2D eigenvalue weighted by Crippen LogP contribution is 2.29. The molecule has 0 aliphatic heterocycles. The second kappa shape index (κ2) is 10.2. The quantitative estimate of drug-likeness (QED) is 0.356. The lowest BCUT2D eigenvalue weighted by Crippen LogP contribution is -2.13. The molecule has 0 saturated heterocycles. The van der Waals surface area contributed by atoms with Crippen molar-refractivity contribution in [3.05, 3.63) is 107 Å². The maximum absolute atomic E-state index is 12.8. The number of methoxy groups -OCH3 is 1. The van der Waals surface area contributed by atoms with Gasteiger partial charge in [0.1, 0.15) is 6.61 Å². The van der Waals surface area contributed by atoms with Crippen LogP contribution in [-0.4, -0.2) is 28.4 Å². The van der Waals surface area contributed by atoms with Crippen LogP contribution in [0.2, 0.25) is 5.02 Å². The minimum Gasteiger partial charge on any atom is -0.493 e. The molecule has 1 aromatic heterocycles. The number of benzene rings is 3. The largest absolute Gasteiger partial charge is 0.493 e. The number of anilines is 1. The van der Waals surface area contributed by atoms with Crippen LogP contribution in [0.3, 0.4) is 0 Å². The number of halogens is 1. The Kier molecular flexibility index (Phi) is 6.94. The second-order valence-electron chi connectivity index (χ2n) is 7.50. The summed E-state index contributed by atoms with van der Waals surface area (Å²) >= 11 is 5.91. The third kappa shape index (κ3) is 5.27. The van der Waals surface area contributed by atoms with Crippen LogP contribution in [0.15, 0.2) is 79.1 Å². The molecule has 0 unspecified atom stereocenters. The Morgan fingerprint density at radius 2 is 1.68 bits per heavy atom. The second-order valence-corrected chi connectivity index (χ2v) is 7.94. The lowest BCUT2D eigenvalue weighted by atomic mass is 10.1. The van der Waals surface area contributed by atoms with Crippen LogP contribution in [0, 0.1) is 0 Å². The monoisotopic (exact) mass is 475 g/mol. The van der Waals surface area contributed by atoms with Crippen LogP contribution < -0.4 is 14.8 Å². The Balaban J connectivity index is 1.42. The summed E-state index contributed by atoms with van der Waals surface area (Å²) in [5.74, 6) is 0.807. The van der Waals surface area contributed by atoms with Crippen LogP contribution in [0.25, 0.3) is 0 Å². The standard InChI is InChI=1S/C26H22ClN3O4/c1-30-14-13-28-25(30)24(31)18-5-10-21(11-6-18)29-26(32)19-7-12-22(23(15-19)33-2)34-16-17-3-8-20(27)9-4-17/h3-15H,16H2,1-2H3,(H,29,32). The van der Waals surface area contributed by atoms with Gasteiger partial charge in [0, 0.05) is 41.3 Å². The highest BCUT2D eigenvalue weighted by Gasteiger charge is 2.15. The van der Waals surface area contributed by atoms with Gasteiger partial charge in [-0.2, -0.15) is 0 Å². The molecule has 0 aliphatic carbocycles. The van der Waals surface area contributed by atoms with Crippen LogP contribution in [0.1, 0.15) is 32.1 Å². The fraction of sp³-hybridized carbons (Fsp3) is 0.115. The van der Waals surface area contributed by atoms with Crippen LogP contribution in [-0.2, 0) is 13.7 Å². The number of hydrogen-bond donors (Lipinski definition) is 1. The fourth-order valence-electron chi connectivity index (χ4n) is 3.29. The van der Waals surface area contributed by atoms with E-state index in [0.29, 0.717) is 45.8 Å². The highest BCUT2D eigenvalue weighted by atomic mass is 35.5. The van der Waals surface area contributed by atoms with E-state index in [4.69, 9.17) is 21.1 Å². The normalized spacial score (nSPS) is 10.6. The molecule has 8 heteroatoms. The molecule has 1 heterocycles. The Labute approximate surface area is 201 Å². The summed E-state index contributed by atoms with van der Waals surface area (Å²) in [7, 11) is 3.28. The van der Waals surface area contributed by atoms with E-state index in [1.165, 1.54) is 7.11 Å². The lowest BCUT2D eigenvalue weighted by molar-refractivity contribution is 0.102. The molecule has 1 amide bonds. The molecule has 7 nitrogen and oxygen atoms in total. The molecule has 1 N–H and O–H groups in total. The smallest absolute Gasteiger partial charge is 0.255 e. The van der Waals surface area contributed by atoms with E-state index >= 15 is 0 Å². The Morgan fingerprint density at radius 3 is 2.32 bits per heavy atom. The zero-order chi connectivity index (χ0) is 24.1. The number of aryl methyl sites for hydroxylation is 1. The van der Waals surface area contributed by atoms with E-state index in [1.54, 1.807) is 78.6 Å². The van der Waals surface area contributed by atoms with Gasteiger partial charge in [0.05, 0.1) is 7.11 Å². The van der Waals surface area contributed by atoms with Crippen molar-refractivity contribution in [1.82, 2.24) is 9.55 Å². The van der Waals surface area contributed by atoms with Crippen molar-refractivity contribution in [3.8, 4) is 11.5 Å². The molecule has 0 saturated carbocycles. The van der Waals surface area contributed by atoms with Crippen LogP contribution in [0.5, 0.6) is 11.5 Å². The molecule has 0 aliphatic rings.